The Balaban J connectivity index is 1.81. The van der Waals surface area contributed by atoms with E-state index in [1.165, 1.54) is 0 Å². The Morgan fingerprint density at radius 3 is 2.52 bits per heavy atom. The number of hydrogen-bond acceptors (Lipinski definition) is 4. The average Bonchev–Trinajstić information content (AvgIpc) is 2.71. The summed E-state index contributed by atoms with van der Waals surface area (Å²) in [4.78, 5) is 13.1. The summed E-state index contributed by atoms with van der Waals surface area (Å²) in [5.41, 5.74) is 1.86. The number of nitrogens with one attached hydrogen (secondary N) is 1. The van der Waals surface area contributed by atoms with Gasteiger partial charge in [0.25, 0.3) is 0 Å². The van der Waals surface area contributed by atoms with E-state index in [0.717, 1.165) is 35.5 Å². The Hall–Kier alpha value is -2.53. The molecule has 0 unspecified atom stereocenters. The third-order valence-electron chi connectivity index (χ3n) is 5.62. The molecule has 1 amide bonds. The third kappa shape index (κ3) is 6.47. The number of carbonyl (C=O) groups excluding carboxylic acids is 1. The summed E-state index contributed by atoms with van der Waals surface area (Å²) < 4.78 is 17.2. The first kappa shape index (κ1) is 23.1. The lowest BCUT2D eigenvalue weighted by Crippen LogP contribution is -2.46. The summed E-state index contributed by atoms with van der Waals surface area (Å²) in [7, 11) is 1.67. The molecule has 1 aliphatic heterocycles. The molecule has 0 saturated carbocycles. The van der Waals surface area contributed by atoms with Crippen LogP contribution in [0.15, 0.2) is 48.5 Å². The van der Waals surface area contributed by atoms with Crippen LogP contribution < -0.4 is 14.8 Å². The minimum atomic E-state index is -0.204. The van der Waals surface area contributed by atoms with Gasteiger partial charge in [0.05, 0.1) is 18.8 Å². The summed E-state index contributed by atoms with van der Waals surface area (Å²) in [6.45, 7) is 8.83. The predicted molar refractivity (Wildman–Crippen MR) is 123 cm³/mol. The van der Waals surface area contributed by atoms with E-state index in [4.69, 9.17) is 14.2 Å². The van der Waals surface area contributed by atoms with Gasteiger partial charge in [0.1, 0.15) is 11.5 Å². The molecule has 0 aromatic heterocycles. The molecule has 168 valence electrons. The molecule has 5 heteroatoms. The first-order chi connectivity index (χ1) is 14.8. The van der Waals surface area contributed by atoms with Crippen molar-refractivity contribution < 1.29 is 19.0 Å². The van der Waals surface area contributed by atoms with Crippen molar-refractivity contribution in [1.29, 1.82) is 0 Å². The van der Waals surface area contributed by atoms with Crippen LogP contribution in [0.1, 0.15) is 64.0 Å². The highest BCUT2D eigenvalue weighted by atomic mass is 16.5. The number of rotatable bonds is 8. The van der Waals surface area contributed by atoms with E-state index in [1.807, 2.05) is 62.4 Å². The smallest absolute Gasteiger partial charge is 0.221 e. The van der Waals surface area contributed by atoms with Crippen LogP contribution in [-0.2, 0) is 9.53 Å². The minimum Gasteiger partial charge on any atom is -0.496 e. The van der Waals surface area contributed by atoms with Crippen molar-refractivity contribution in [1.82, 2.24) is 5.32 Å². The summed E-state index contributed by atoms with van der Waals surface area (Å²) in [5, 5.41) is 3.23. The fraction of sp³-hybridized carbons (Fsp3) is 0.500. The normalized spacial score (nSPS) is 19.0. The number of ether oxygens (including phenoxy) is 3. The molecule has 5 nitrogen and oxygen atoms in total. The van der Waals surface area contributed by atoms with Gasteiger partial charge >= 0.3 is 0 Å². The zero-order chi connectivity index (χ0) is 22.4. The molecule has 3 rings (SSSR count). The molecule has 0 spiro atoms. The van der Waals surface area contributed by atoms with Gasteiger partial charge in [-0.2, -0.15) is 0 Å². The van der Waals surface area contributed by atoms with Gasteiger partial charge in [0, 0.05) is 30.6 Å². The Labute approximate surface area is 186 Å². The summed E-state index contributed by atoms with van der Waals surface area (Å²) in [5.74, 6) is 1.54. The van der Waals surface area contributed by atoms with Gasteiger partial charge < -0.3 is 19.5 Å². The van der Waals surface area contributed by atoms with Crippen molar-refractivity contribution in [3.63, 3.8) is 0 Å². The molecular formula is C26H35NO4. The van der Waals surface area contributed by atoms with Crippen molar-refractivity contribution in [2.75, 3.05) is 13.7 Å². The lowest BCUT2D eigenvalue weighted by atomic mass is 9.87. The van der Waals surface area contributed by atoms with Crippen LogP contribution in [0, 0.1) is 0 Å². The number of carbonyl (C=O) groups is 1. The van der Waals surface area contributed by atoms with Gasteiger partial charge in [-0.1, -0.05) is 30.3 Å². The highest BCUT2D eigenvalue weighted by Gasteiger charge is 2.30. The zero-order valence-electron chi connectivity index (χ0n) is 19.3. The predicted octanol–water partition coefficient (Wildman–Crippen LogP) is 5.08. The molecule has 1 N–H and O–H groups in total. The Morgan fingerprint density at radius 1 is 1.16 bits per heavy atom. The molecular weight excluding hydrogens is 390 g/mol. The van der Waals surface area contributed by atoms with Gasteiger partial charge in [-0.3, -0.25) is 4.79 Å². The second kappa shape index (κ2) is 10.2. The Kier molecular flexibility index (Phi) is 7.60. The van der Waals surface area contributed by atoms with Gasteiger partial charge in [-0.05, 0) is 64.3 Å². The first-order valence-corrected chi connectivity index (χ1v) is 11.1. The molecule has 1 fully saturated rings. The number of amides is 1. The topological polar surface area (TPSA) is 56.8 Å². The van der Waals surface area contributed by atoms with Crippen molar-refractivity contribution in [3.8, 4) is 11.5 Å². The highest BCUT2D eigenvalue weighted by molar-refractivity contribution is 5.78. The monoisotopic (exact) mass is 425 g/mol. The number of para-hydroxylation sites is 1. The van der Waals surface area contributed by atoms with Crippen LogP contribution in [0.25, 0.3) is 0 Å². The van der Waals surface area contributed by atoms with E-state index in [-0.39, 0.29) is 29.6 Å². The molecule has 0 radical (unpaired) electrons. The molecule has 1 heterocycles. The maximum absolute atomic E-state index is 13.1. The van der Waals surface area contributed by atoms with E-state index in [2.05, 4.69) is 19.2 Å². The molecule has 0 aliphatic carbocycles. The lowest BCUT2D eigenvalue weighted by molar-refractivity contribution is -0.124. The van der Waals surface area contributed by atoms with E-state index in [0.29, 0.717) is 13.0 Å². The number of hydrogen-bond donors (Lipinski definition) is 1. The fourth-order valence-electron chi connectivity index (χ4n) is 4.24. The van der Waals surface area contributed by atoms with Crippen molar-refractivity contribution in [2.24, 2.45) is 0 Å². The molecule has 0 bridgehead atoms. The molecule has 2 aromatic rings. The second-order valence-corrected chi connectivity index (χ2v) is 9.10. The van der Waals surface area contributed by atoms with Gasteiger partial charge in [-0.25, -0.2) is 0 Å². The highest BCUT2D eigenvalue weighted by Crippen LogP contribution is 2.35. The van der Waals surface area contributed by atoms with E-state index in [9.17, 15) is 4.79 Å². The van der Waals surface area contributed by atoms with E-state index >= 15 is 0 Å². The van der Waals surface area contributed by atoms with Crippen LogP contribution in [0.5, 0.6) is 11.5 Å². The van der Waals surface area contributed by atoms with Crippen LogP contribution in [0.4, 0.5) is 0 Å². The summed E-state index contributed by atoms with van der Waals surface area (Å²) >= 11 is 0. The van der Waals surface area contributed by atoms with Crippen LogP contribution >= 0.6 is 0 Å². The largest absolute Gasteiger partial charge is 0.496 e. The van der Waals surface area contributed by atoms with Gasteiger partial charge in [-0.15, -0.1) is 0 Å². The standard InChI is InChI=1S/C26H35NO4/c1-18(2)31-21-12-10-19(11-13-21)23(22-8-6-7-9-24(22)29-5)16-25(28)27-20-14-15-30-26(3,4)17-20/h6-13,18,20,23H,14-17H2,1-5H3,(H,27,28)/t20-,23+/m0/s1. The summed E-state index contributed by atoms with van der Waals surface area (Å²) in [6.07, 6.45) is 2.13. The fourth-order valence-corrected chi connectivity index (χ4v) is 4.24. The maximum atomic E-state index is 13.1. The number of benzene rings is 2. The van der Waals surface area contributed by atoms with Crippen molar-refractivity contribution in [3.05, 3.63) is 59.7 Å². The van der Waals surface area contributed by atoms with Crippen LogP contribution in [-0.4, -0.2) is 37.4 Å². The van der Waals surface area contributed by atoms with Crippen molar-refractivity contribution in [2.45, 2.75) is 70.6 Å². The van der Waals surface area contributed by atoms with Crippen LogP contribution in [0.2, 0.25) is 0 Å². The minimum absolute atomic E-state index is 0.0427. The third-order valence-corrected chi connectivity index (χ3v) is 5.62. The zero-order valence-corrected chi connectivity index (χ0v) is 19.3. The number of methoxy groups -OCH3 is 1. The lowest BCUT2D eigenvalue weighted by Gasteiger charge is -2.36. The average molecular weight is 426 g/mol. The van der Waals surface area contributed by atoms with Crippen LogP contribution in [0.3, 0.4) is 0 Å². The molecule has 1 saturated heterocycles. The summed E-state index contributed by atoms with van der Waals surface area (Å²) in [6, 6.07) is 16.1. The SMILES string of the molecule is COc1ccccc1[C@H](CC(=O)N[C@H]1CCOC(C)(C)C1)c1ccc(OC(C)C)cc1. The molecule has 31 heavy (non-hydrogen) atoms. The molecule has 2 aromatic carbocycles. The second-order valence-electron chi connectivity index (χ2n) is 9.10. The van der Waals surface area contributed by atoms with E-state index in [1.54, 1.807) is 7.11 Å². The van der Waals surface area contributed by atoms with Gasteiger partial charge in [0.2, 0.25) is 5.91 Å². The molecule has 2 atom stereocenters. The van der Waals surface area contributed by atoms with E-state index < -0.39 is 0 Å². The van der Waals surface area contributed by atoms with Crippen molar-refractivity contribution >= 4 is 5.91 Å². The Bertz CT molecular complexity index is 860. The molecule has 1 aliphatic rings. The quantitative estimate of drug-likeness (QED) is 0.641. The first-order valence-electron chi connectivity index (χ1n) is 11.1. The maximum Gasteiger partial charge on any atom is 0.221 e. The Morgan fingerprint density at radius 2 is 1.87 bits per heavy atom. The van der Waals surface area contributed by atoms with Gasteiger partial charge in [0.15, 0.2) is 0 Å².